The van der Waals surface area contributed by atoms with Gasteiger partial charge in [0.05, 0.1) is 6.04 Å². The first kappa shape index (κ1) is 12.7. The number of hydrazone groups is 1. The number of hydrogen-bond acceptors (Lipinski definition) is 6. The Morgan fingerprint density at radius 2 is 2.05 bits per heavy atom. The Bertz CT molecular complexity index is 575. The number of amidine groups is 1. The summed E-state index contributed by atoms with van der Waals surface area (Å²) in [7, 11) is 0. The topological polar surface area (TPSA) is 73.2 Å². The van der Waals surface area contributed by atoms with Crippen LogP contribution in [0, 0.1) is 0 Å². The number of rotatable bonds is 2. The van der Waals surface area contributed by atoms with Crippen molar-refractivity contribution in [2.75, 3.05) is 0 Å². The van der Waals surface area contributed by atoms with Crippen molar-refractivity contribution in [1.29, 1.82) is 0 Å². The predicted molar refractivity (Wildman–Crippen MR) is 80.8 cm³/mol. The summed E-state index contributed by atoms with van der Waals surface area (Å²) in [5, 5.41) is 10.7. The van der Waals surface area contributed by atoms with E-state index in [1.54, 1.807) is 0 Å². The van der Waals surface area contributed by atoms with E-state index >= 15 is 0 Å². The fraction of sp³-hybridized carbons (Fsp3) is 0.357. The molecule has 0 saturated heterocycles. The summed E-state index contributed by atoms with van der Waals surface area (Å²) in [6.07, 6.45) is 0.730. The highest BCUT2D eigenvalue weighted by Gasteiger charge is 2.20. The van der Waals surface area contributed by atoms with Gasteiger partial charge in [0.25, 0.3) is 0 Å². The molecule has 6 heteroatoms. The number of aliphatic imine (C=N–C) groups is 2. The van der Waals surface area contributed by atoms with Crippen LogP contribution in [-0.2, 0) is 0 Å². The zero-order chi connectivity index (χ0) is 13.9. The largest absolute Gasteiger partial charge is 0.330 e. The molecule has 2 unspecified atom stereocenters. The minimum Gasteiger partial charge on any atom is -0.330 e. The summed E-state index contributed by atoms with van der Waals surface area (Å²) in [5.41, 5.74) is 5.14. The van der Waals surface area contributed by atoms with Crippen molar-refractivity contribution in [3.63, 3.8) is 0 Å². The second-order valence-electron chi connectivity index (χ2n) is 5.03. The lowest BCUT2D eigenvalue weighted by Gasteiger charge is -2.19. The SMILES string of the molecule is CC1=NC(NC2NN=C(c3ccccc3)N2)=NC(C)C1. The average Bonchev–Trinajstić information content (AvgIpc) is 2.87. The first-order valence-electron chi connectivity index (χ1n) is 6.74. The molecule has 2 heterocycles. The molecule has 0 fully saturated rings. The average molecular weight is 270 g/mol. The molecule has 0 bridgehead atoms. The molecule has 0 aromatic heterocycles. The van der Waals surface area contributed by atoms with Crippen molar-refractivity contribution >= 4 is 17.5 Å². The smallest absolute Gasteiger partial charge is 0.221 e. The second-order valence-corrected chi connectivity index (χ2v) is 5.03. The van der Waals surface area contributed by atoms with E-state index in [1.807, 2.05) is 37.3 Å². The molecule has 2 aliphatic heterocycles. The Kier molecular flexibility index (Phi) is 3.37. The van der Waals surface area contributed by atoms with Gasteiger partial charge in [-0.2, -0.15) is 5.10 Å². The molecule has 0 spiro atoms. The molecule has 104 valence electrons. The number of nitrogens with zero attached hydrogens (tertiary/aromatic N) is 3. The molecular weight excluding hydrogens is 252 g/mol. The Morgan fingerprint density at radius 3 is 2.80 bits per heavy atom. The van der Waals surface area contributed by atoms with E-state index in [0.717, 1.165) is 23.5 Å². The third kappa shape index (κ3) is 2.79. The highest BCUT2D eigenvalue weighted by atomic mass is 15.5. The number of benzene rings is 1. The van der Waals surface area contributed by atoms with Crippen LogP contribution in [0.5, 0.6) is 0 Å². The molecule has 3 N–H and O–H groups in total. The van der Waals surface area contributed by atoms with Gasteiger partial charge in [0.1, 0.15) is 0 Å². The monoisotopic (exact) mass is 270 g/mol. The summed E-state index contributed by atoms with van der Waals surface area (Å²) < 4.78 is 0. The normalized spacial score (nSPS) is 25.0. The van der Waals surface area contributed by atoms with Gasteiger partial charge in [0, 0.05) is 17.7 Å². The van der Waals surface area contributed by atoms with Crippen LogP contribution in [0.15, 0.2) is 45.4 Å². The van der Waals surface area contributed by atoms with Crippen LogP contribution in [0.4, 0.5) is 0 Å². The van der Waals surface area contributed by atoms with Gasteiger partial charge < -0.3 is 10.6 Å². The molecule has 0 aliphatic carbocycles. The van der Waals surface area contributed by atoms with E-state index in [9.17, 15) is 0 Å². The molecule has 20 heavy (non-hydrogen) atoms. The second kappa shape index (κ2) is 5.32. The van der Waals surface area contributed by atoms with Crippen LogP contribution in [-0.4, -0.2) is 29.8 Å². The first-order chi connectivity index (χ1) is 9.70. The Morgan fingerprint density at radius 1 is 1.25 bits per heavy atom. The van der Waals surface area contributed by atoms with E-state index in [4.69, 9.17) is 0 Å². The van der Waals surface area contributed by atoms with Crippen LogP contribution in [0.2, 0.25) is 0 Å². The van der Waals surface area contributed by atoms with Crippen molar-refractivity contribution in [3.8, 4) is 0 Å². The zero-order valence-corrected chi connectivity index (χ0v) is 11.6. The van der Waals surface area contributed by atoms with Gasteiger partial charge >= 0.3 is 0 Å². The number of guanidine groups is 1. The van der Waals surface area contributed by atoms with Gasteiger partial charge in [-0.05, 0) is 13.8 Å². The number of nitrogens with one attached hydrogen (secondary N) is 3. The van der Waals surface area contributed by atoms with Gasteiger partial charge in [-0.1, -0.05) is 30.3 Å². The highest BCUT2D eigenvalue weighted by Crippen LogP contribution is 2.07. The highest BCUT2D eigenvalue weighted by molar-refractivity contribution is 6.01. The first-order valence-corrected chi connectivity index (χ1v) is 6.74. The fourth-order valence-corrected chi connectivity index (χ4v) is 2.28. The van der Waals surface area contributed by atoms with Crippen LogP contribution >= 0.6 is 0 Å². The molecule has 1 aromatic rings. The quantitative estimate of drug-likeness (QED) is 0.751. The maximum absolute atomic E-state index is 4.48. The van der Waals surface area contributed by atoms with Crippen LogP contribution in [0.3, 0.4) is 0 Å². The minimum absolute atomic E-state index is 0.189. The van der Waals surface area contributed by atoms with Crippen LogP contribution in [0.1, 0.15) is 25.8 Å². The van der Waals surface area contributed by atoms with Crippen LogP contribution < -0.4 is 16.1 Å². The summed E-state index contributed by atoms with van der Waals surface area (Å²) in [6, 6.07) is 10.3. The van der Waals surface area contributed by atoms with E-state index in [2.05, 4.69) is 38.1 Å². The maximum Gasteiger partial charge on any atom is 0.221 e. The molecule has 0 radical (unpaired) electrons. The lowest BCUT2D eigenvalue weighted by molar-refractivity contribution is 0.507. The van der Waals surface area contributed by atoms with E-state index in [-0.39, 0.29) is 12.3 Å². The molecule has 1 aromatic carbocycles. The van der Waals surface area contributed by atoms with Gasteiger partial charge in [0.15, 0.2) is 12.1 Å². The lowest BCUT2D eigenvalue weighted by atomic mass is 10.1. The minimum atomic E-state index is -0.189. The molecule has 0 amide bonds. The van der Waals surface area contributed by atoms with Crippen molar-refractivity contribution in [3.05, 3.63) is 35.9 Å². The Balaban J connectivity index is 1.63. The summed E-state index contributed by atoms with van der Waals surface area (Å²) in [5.74, 6) is 1.46. The van der Waals surface area contributed by atoms with Crippen molar-refractivity contribution in [2.24, 2.45) is 15.1 Å². The standard InChI is InChI=1S/C14H18N6/c1-9-8-10(2)16-13(15-9)18-14-17-12(19-20-14)11-6-4-3-5-7-11/h3-7,9,14,20H,8H2,1-2H3,(H,15,18)(H,17,19). The Hall–Kier alpha value is -2.37. The third-order valence-electron chi connectivity index (χ3n) is 3.14. The van der Waals surface area contributed by atoms with Gasteiger partial charge in [0.2, 0.25) is 5.96 Å². The molecule has 0 saturated carbocycles. The van der Waals surface area contributed by atoms with Crippen LogP contribution in [0.25, 0.3) is 0 Å². The van der Waals surface area contributed by atoms with Crippen molar-refractivity contribution < 1.29 is 0 Å². The fourth-order valence-electron chi connectivity index (χ4n) is 2.28. The molecule has 3 rings (SSSR count). The maximum atomic E-state index is 4.48. The predicted octanol–water partition coefficient (Wildman–Crippen LogP) is 1.02. The summed E-state index contributed by atoms with van der Waals surface area (Å²) in [4.78, 5) is 8.90. The van der Waals surface area contributed by atoms with Gasteiger partial charge in [-0.3, -0.25) is 5.43 Å². The van der Waals surface area contributed by atoms with E-state index in [1.165, 1.54) is 0 Å². The Labute approximate surface area is 118 Å². The summed E-state index contributed by atoms with van der Waals surface area (Å²) >= 11 is 0. The lowest BCUT2D eigenvalue weighted by Crippen LogP contribution is -2.50. The molecule has 2 atom stereocenters. The van der Waals surface area contributed by atoms with Crippen molar-refractivity contribution in [2.45, 2.75) is 32.6 Å². The third-order valence-corrected chi connectivity index (χ3v) is 3.14. The van der Waals surface area contributed by atoms with E-state index in [0.29, 0.717) is 5.96 Å². The van der Waals surface area contributed by atoms with E-state index < -0.39 is 0 Å². The van der Waals surface area contributed by atoms with Gasteiger partial charge in [-0.15, -0.1) is 0 Å². The zero-order valence-electron chi connectivity index (χ0n) is 11.6. The molecule has 6 nitrogen and oxygen atoms in total. The van der Waals surface area contributed by atoms with Gasteiger partial charge in [-0.25, -0.2) is 9.98 Å². The van der Waals surface area contributed by atoms with Crippen molar-refractivity contribution in [1.82, 2.24) is 16.1 Å². The summed E-state index contributed by atoms with van der Waals surface area (Å²) in [6.45, 7) is 4.11. The molecular formula is C14H18N6. The number of hydrogen-bond donors (Lipinski definition) is 3. The molecule has 2 aliphatic rings.